The number of benzene rings is 1. The number of carbonyl (C=O) groups is 1. The van der Waals surface area contributed by atoms with Crippen molar-refractivity contribution >= 4 is 28.8 Å². The molecule has 0 radical (unpaired) electrons. The minimum atomic E-state index is -0.727. The van der Waals surface area contributed by atoms with Gasteiger partial charge in [-0.05, 0) is 36.1 Å². The largest absolute Gasteiger partial charge is 0.350 e. The number of nitrogens with zero attached hydrogens (tertiary/aromatic N) is 2. The first-order valence-corrected chi connectivity index (χ1v) is 8.97. The molecule has 0 spiro atoms. The fraction of sp³-hybridized carbons (Fsp3) is 0.167. The van der Waals surface area contributed by atoms with Crippen LogP contribution in [0.4, 0.5) is 0 Å². The summed E-state index contributed by atoms with van der Waals surface area (Å²) in [5.74, 6) is -0.294. The highest BCUT2D eigenvalue weighted by molar-refractivity contribution is 7.13. The molecule has 0 saturated heterocycles. The Bertz CT molecular complexity index is 937. The standard InChI is InChI=1S/C18H16ClN3O2S/c1-12(18(24)20-11-13-5-2-3-6-14(13)19)22-17(23)9-8-15(21-22)16-7-4-10-25-16/h2-10,12H,11H2,1H3,(H,20,24). The highest BCUT2D eigenvalue weighted by Crippen LogP contribution is 2.21. The number of hydrogen-bond donors (Lipinski definition) is 1. The van der Waals surface area contributed by atoms with Crippen LogP contribution in [-0.2, 0) is 11.3 Å². The van der Waals surface area contributed by atoms with E-state index in [1.807, 2.05) is 35.7 Å². The Morgan fingerprint density at radius 3 is 2.76 bits per heavy atom. The Morgan fingerprint density at radius 2 is 2.04 bits per heavy atom. The molecule has 0 fully saturated rings. The molecule has 1 amide bonds. The second-order valence-corrected chi connectivity index (χ2v) is 6.82. The monoisotopic (exact) mass is 373 g/mol. The molecule has 0 aliphatic carbocycles. The van der Waals surface area contributed by atoms with Gasteiger partial charge in [0.25, 0.3) is 5.56 Å². The van der Waals surface area contributed by atoms with Crippen LogP contribution in [0.5, 0.6) is 0 Å². The van der Waals surface area contributed by atoms with E-state index >= 15 is 0 Å². The van der Waals surface area contributed by atoms with Gasteiger partial charge in [0.1, 0.15) is 11.7 Å². The number of thiophene rings is 1. The third-order valence-corrected chi connectivity index (χ3v) is 5.02. The van der Waals surface area contributed by atoms with Crippen molar-refractivity contribution in [1.82, 2.24) is 15.1 Å². The number of aromatic nitrogens is 2. The smallest absolute Gasteiger partial charge is 0.267 e. The lowest BCUT2D eigenvalue weighted by Gasteiger charge is -2.15. The predicted molar refractivity (Wildman–Crippen MR) is 99.8 cm³/mol. The molecule has 2 aromatic heterocycles. The lowest BCUT2D eigenvalue weighted by atomic mass is 10.2. The van der Waals surface area contributed by atoms with Gasteiger partial charge in [-0.25, -0.2) is 4.68 Å². The number of halogens is 1. The van der Waals surface area contributed by atoms with Gasteiger partial charge in [0, 0.05) is 17.6 Å². The number of nitrogens with one attached hydrogen (secondary N) is 1. The van der Waals surface area contributed by atoms with Crippen LogP contribution in [0.15, 0.2) is 58.7 Å². The molecule has 5 nitrogen and oxygen atoms in total. The molecule has 1 unspecified atom stereocenters. The summed E-state index contributed by atoms with van der Waals surface area (Å²) in [4.78, 5) is 25.5. The zero-order chi connectivity index (χ0) is 17.8. The molecule has 0 aliphatic rings. The molecule has 1 atom stereocenters. The van der Waals surface area contributed by atoms with Crippen molar-refractivity contribution in [1.29, 1.82) is 0 Å². The van der Waals surface area contributed by atoms with E-state index in [0.29, 0.717) is 17.3 Å². The maximum atomic E-state index is 12.4. The topological polar surface area (TPSA) is 64.0 Å². The van der Waals surface area contributed by atoms with Gasteiger partial charge in [-0.15, -0.1) is 11.3 Å². The average molecular weight is 374 g/mol. The Labute approximate surface area is 153 Å². The molecule has 0 bridgehead atoms. The van der Waals surface area contributed by atoms with Crippen LogP contribution in [0.25, 0.3) is 10.6 Å². The summed E-state index contributed by atoms with van der Waals surface area (Å²) < 4.78 is 1.21. The van der Waals surface area contributed by atoms with Crippen LogP contribution in [0.3, 0.4) is 0 Å². The molecular weight excluding hydrogens is 358 g/mol. The van der Waals surface area contributed by atoms with E-state index in [1.54, 1.807) is 19.1 Å². The summed E-state index contributed by atoms with van der Waals surface area (Å²) in [5.41, 5.74) is 1.17. The highest BCUT2D eigenvalue weighted by Gasteiger charge is 2.18. The molecule has 0 saturated carbocycles. The van der Waals surface area contributed by atoms with Crippen molar-refractivity contribution in [2.75, 3.05) is 0 Å². The molecule has 2 heterocycles. The Balaban J connectivity index is 1.77. The molecule has 1 N–H and O–H groups in total. The van der Waals surface area contributed by atoms with Crippen molar-refractivity contribution in [3.05, 3.63) is 74.9 Å². The minimum Gasteiger partial charge on any atom is -0.350 e. The summed E-state index contributed by atoms with van der Waals surface area (Å²) in [7, 11) is 0. The summed E-state index contributed by atoms with van der Waals surface area (Å²) in [6, 6.07) is 13.5. The van der Waals surface area contributed by atoms with Crippen LogP contribution in [0.1, 0.15) is 18.5 Å². The van der Waals surface area contributed by atoms with Crippen LogP contribution in [0.2, 0.25) is 5.02 Å². The fourth-order valence-corrected chi connectivity index (χ4v) is 3.23. The molecule has 7 heteroatoms. The normalized spacial score (nSPS) is 11.9. The third kappa shape index (κ3) is 3.97. The molecule has 25 heavy (non-hydrogen) atoms. The maximum Gasteiger partial charge on any atom is 0.267 e. The van der Waals surface area contributed by atoms with Gasteiger partial charge in [0.15, 0.2) is 0 Å². The summed E-state index contributed by atoms with van der Waals surface area (Å²) in [6.07, 6.45) is 0. The number of amides is 1. The van der Waals surface area contributed by atoms with Crippen LogP contribution in [0, 0.1) is 0 Å². The number of carbonyl (C=O) groups excluding carboxylic acids is 1. The minimum absolute atomic E-state index is 0.294. The van der Waals surface area contributed by atoms with E-state index in [4.69, 9.17) is 11.6 Å². The van der Waals surface area contributed by atoms with Crippen LogP contribution < -0.4 is 10.9 Å². The van der Waals surface area contributed by atoms with E-state index in [9.17, 15) is 9.59 Å². The Kier molecular flexibility index (Phi) is 5.31. The summed E-state index contributed by atoms with van der Waals surface area (Å²) in [5, 5.41) is 9.66. The fourth-order valence-electron chi connectivity index (χ4n) is 2.34. The van der Waals surface area contributed by atoms with Crippen molar-refractivity contribution < 1.29 is 4.79 Å². The van der Waals surface area contributed by atoms with Gasteiger partial charge in [-0.1, -0.05) is 35.9 Å². The lowest BCUT2D eigenvalue weighted by Crippen LogP contribution is -2.36. The van der Waals surface area contributed by atoms with E-state index in [-0.39, 0.29) is 11.5 Å². The molecule has 3 rings (SSSR count). The van der Waals surface area contributed by atoms with Crippen LogP contribution >= 0.6 is 22.9 Å². The van der Waals surface area contributed by atoms with E-state index < -0.39 is 6.04 Å². The Morgan fingerprint density at radius 1 is 1.24 bits per heavy atom. The molecule has 1 aromatic carbocycles. The van der Waals surface area contributed by atoms with Crippen molar-refractivity contribution in [3.8, 4) is 10.6 Å². The second kappa shape index (κ2) is 7.63. The van der Waals surface area contributed by atoms with Gasteiger partial charge < -0.3 is 5.32 Å². The lowest BCUT2D eigenvalue weighted by molar-refractivity contribution is -0.124. The zero-order valence-electron chi connectivity index (χ0n) is 13.5. The maximum absolute atomic E-state index is 12.4. The van der Waals surface area contributed by atoms with Crippen molar-refractivity contribution in [2.45, 2.75) is 19.5 Å². The summed E-state index contributed by atoms with van der Waals surface area (Å²) in [6.45, 7) is 1.94. The molecule has 3 aromatic rings. The first kappa shape index (κ1) is 17.4. The average Bonchev–Trinajstić information content (AvgIpc) is 3.15. The van der Waals surface area contributed by atoms with Gasteiger partial charge >= 0.3 is 0 Å². The van der Waals surface area contributed by atoms with Crippen molar-refractivity contribution in [2.24, 2.45) is 0 Å². The molecule has 0 aliphatic heterocycles. The van der Waals surface area contributed by atoms with Gasteiger partial charge in [-0.2, -0.15) is 5.10 Å². The molecular formula is C18H16ClN3O2S. The van der Waals surface area contributed by atoms with Crippen LogP contribution in [-0.4, -0.2) is 15.7 Å². The van der Waals surface area contributed by atoms with E-state index in [2.05, 4.69) is 10.4 Å². The van der Waals surface area contributed by atoms with E-state index in [0.717, 1.165) is 10.4 Å². The summed E-state index contributed by atoms with van der Waals surface area (Å²) >= 11 is 7.62. The predicted octanol–water partition coefficient (Wildman–Crippen LogP) is 3.50. The molecule has 128 valence electrons. The van der Waals surface area contributed by atoms with E-state index in [1.165, 1.54) is 22.1 Å². The quantitative estimate of drug-likeness (QED) is 0.744. The SMILES string of the molecule is CC(C(=O)NCc1ccccc1Cl)n1nc(-c2cccs2)ccc1=O. The zero-order valence-corrected chi connectivity index (χ0v) is 15.1. The van der Waals surface area contributed by atoms with Crippen molar-refractivity contribution in [3.63, 3.8) is 0 Å². The Hall–Kier alpha value is -2.44. The second-order valence-electron chi connectivity index (χ2n) is 5.46. The van der Waals surface area contributed by atoms with Gasteiger partial charge in [-0.3, -0.25) is 9.59 Å². The number of rotatable bonds is 5. The third-order valence-electron chi connectivity index (χ3n) is 3.76. The van der Waals surface area contributed by atoms with Gasteiger partial charge in [0.05, 0.1) is 4.88 Å². The first-order valence-electron chi connectivity index (χ1n) is 7.71. The number of hydrogen-bond acceptors (Lipinski definition) is 4. The van der Waals surface area contributed by atoms with Gasteiger partial charge in [0.2, 0.25) is 5.91 Å². The highest BCUT2D eigenvalue weighted by atomic mass is 35.5. The first-order chi connectivity index (χ1) is 12.1.